The van der Waals surface area contributed by atoms with E-state index in [4.69, 9.17) is 10.5 Å². The van der Waals surface area contributed by atoms with Gasteiger partial charge < -0.3 is 15.8 Å². The maximum absolute atomic E-state index is 11.2. The summed E-state index contributed by atoms with van der Waals surface area (Å²) in [6, 6.07) is 10.4. The molecule has 1 aromatic carbocycles. The fourth-order valence-electron chi connectivity index (χ4n) is 2.59. The molecule has 0 unspecified atom stereocenters. The molecule has 2 rings (SSSR count). The third-order valence-corrected chi connectivity index (χ3v) is 3.67. The number of carbonyl (C=O) groups is 1. The number of primary amides is 1. The van der Waals surface area contributed by atoms with Crippen molar-refractivity contribution < 1.29 is 9.53 Å². The summed E-state index contributed by atoms with van der Waals surface area (Å²) >= 11 is 0. The van der Waals surface area contributed by atoms with E-state index in [1.165, 1.54) is 5.56 Å². The van der Waals surface area contributed by atoms with Gasteiger partial charge in [-0.3, -0.25) is 4.79 Å². The molecule has 1 fully saturated rings. The number of carbonyl (C=O) groups excluding carboxylic acids is 1. The van der Waals surface area contributed by atoms with Gasteiger partial charge in [0.05, 0.1) is 0 Å². The molecular formula is C15H22N2O2. The molecule has 0 radical (unpaired) electrons. The fourth-order valence-corrected chi connectivity index (χ4v) is 2.59. The Labute approximate surface area is 114 Å². The van der Waals surface area contributed by atoms with Crippen molar-refractivity contribution in [1.82, 2.24) is 5.32 Å². The van der Waals surface area contributed by atoms with Crippen LogP contribution in [0.3, 0.4) is 0 Å². The second-order valence-electron chi connectivity index (χ2n) is 5.09. The summed E-state index contributed by atoms with van der Waals surface area (Å²) in [4.78, 5) is 11.2. The number of hydrogen-bond acceptors (Lipinski definition) is 3. The van der Waals surface area contributed by atoms with Gasteiger partial charge in [0.25, 0.3) is 0 Å². The number of rotatable bonds is 6. The number of hydrogen-bond donors (Lipinski definition) is 2. The third kappa shape index (κ3) is 4.65. The van der Waals surface area contributed by atoms with Crippen LogP contribution in [0.4, 0.5) is 0 Å². The van der Waals surface area contributed by atoms with Gasteiger partial charge in [0.2, 0.25) is 5.91 Å². The zero-order valence-electron chi connectivity index (χ0n) is 11.2. The maximum atomic E-state index is 11.2. The van der Waals surface area contributed by atoms with E-state index in [0.29, 0.717) is 12.3 Å². The van der Waals surface area contributed by atoms with Crippen LogP contribution >= 0.6 is 0 Å². The summed E-state index contributed by atoms with van der Waals surface area (Å²) < 4.78 is 5.37. The molecule has 3 N–H and O–H groups in total. The van der Waals surface area contributed by atoms with Crippen LogP contribution in [0.5, 0.6) is 0 Å². The second-order valence-corrected chi connectivity index (χ2v) is 5.09. The van der Waals surface area contributed by atoms with E-state index in [-0.39, 0.29) is 11.9 Å². The third-order valence-electron chi connectivity index (χ3n) is 3.67. The molecule has 104 valence electrons. The molecule has 1 saturated heterocycles. The molecule has 1 amide bonds. The van der Waals surface area contributed by atoms with E-state index in [2.05, 4.69) is 17.4 Å². The molecule has 0 aromatic heterocycles. The first-order chi connectivity index (χ1) is 9.25. The predicted molar refractivity (Wildman–Crippen MR) is 74.4 cm³/mol. The van der Waals surface area contributed by atoms with Crippen molar-refractivity contribution in [3.63, 3.8) is 0 Å². The Morgan fingerprint density at radius 3 is 2.63 bits per heavy atom. The zero-order chi connectivity index (χ0) is 13.5. The Morgan fingerprint density at radius 1 is 1.32 bits per heavy atom. The molecule has 19 heavy (non-hydrogen) atoms. The van der Waals surface area contributed by atoms with Crippen LogP contribution in [-0.4, -0.2) is 25.2 Å². The van der Waals surface area contributed by atoms with E-state index in [9.17, 15) is 4.79 Å². The van der Waals surface area contributed by atoms with Crippen molar-refractivity contribution in [3.8, 4) is 0 Å². The summed E-state index contributed by atoms with van der Waals surface area (Å²) in [5.74, 6) is 0.238. The molecule has 1 aromatic rings. The van der Waals surface area contributed by atoms with Gasteiger partial charge in [-0.1, -0.05) is 30.3 Å². The van der Waals surface area contributed by atoms with Crippen molar-refractivity contribution in [1.29, 1.82) is 0 Å². The number of amides is 1. The maximum Gasteiger partial charge on any atom is 0.218 e. The molecule has 0 spiro atoms. The molecule has 4 nitrogen and oxygen atoms in total. The van der Waals surface area contributed by atoms with Gasteiger partial charge in [-0.25, -0.2) is 0 Å². The highest BCUT2D eigenvalue weighted by molar-refractivity contribution is 5.74. The first-order valence-corrected chi connectivity index (χ1v) is 6.89. The van der Waals surface area contributed by atoms with E-state index in [1.807, 2.05) is 18.2 Å². The predicted octanol–water partition coefficient (Wildman–Crippen LogP) is 1.45. The number of nitrogens with one attached hydrogen (secondary N) is 1. The summed E-state index contributed by atoms with van der Waals surface area (Å²) in [6.45, 7) is 2.34. The average Bonchev–Trinajstić information content (AvgIpc) is 2.45. The normalized spacial score (nSPS) is 18.1. The number of nitrogens with two attached hydrogens (primary N) is 1. The average molecular weight is 262 g/mol. The van der Waals surface area contributed by atoms with Gasteiger partial charge in [-0.2, -0.15) is 0 Å². The van der Waals surface area contributed by atoms with Crippen molar-refractivity contribution in [2.45, 2.75) is 31.8 Å². The molecule has 4 heteroatoms. The van der Waals surface area contributed by atoms with E-state index >= 15 is 0 Å². The van der Waals surface area contributed by atoms with E-state index in [0.717, 1.165) is 32.6 Å². The first kappa shape index (κ1) is 14.0. The molecule has 1 atom stereocenters. The molecule has 1 aliphatic heterocycles. The summed E-state index contributed by atoms with van der Waals surface area (Å²) in [6.07, 6.45) is 2.40. The lowest BCUT2D eigenvalue weighted by Crippen LogP contribution is -2.41. The standard InChI is InChI=1S/C15H22N2O2/c16-15(18)10-14(13-6-8-19-9-7-13)17-11-12-4-2-1-3-5-12/h1-5,13-14,17H,6-11H2,(H2,16,18)/t14-/m1/s1. The summed E-state index contributed by atoms with van der Waals surface area (Å²) in [7, 11) is 0. The van der Waals surface area contributed by atoms with Crippen molar-refractivity contribution in [3.05, 3.63) is 35.9 Å². The first-order valence-electron chi connectivity index (χ1n) is 6.89. The lowest BCUT2D eigenvalue weighted by atomic mass is 9.89. The van der Waals surface area contributed by atoms with Gasteiger partial charge in [0, 0.05) is 32.2 Å². The Hall–Kier alpha value is -1.39. The topological polar surface area (TPSA) is 64.4 Å². The molecular weight excluding hydrogens is 240 g/mol. The summed E-state index contributed by atoms with van der Waals surface area (Å²) in [5, 5.41) is 3.48. The Kier molecular flexibility index (Phi) is 5.36. The minimum Gasteiger partial charge on any atom is -0.381 e. The SMILES string of the molecule is NC(=O)C[C@@H](NCc1ccccc1)C1CCOCC1. The smallest absolute Gasteiger partial charge is 0.218 e. The highest BCUT2D eigenvalue weighted by atomic mass is 16.5. The number of ether oxygens (including phenoxy) is 1. The largest absolute Gasteiger partial charge is 0.381 e. The molecule has 0 aliphatic carbocycles. The number of benzene rings is 1. The summed E-state index contributed by atoms with van der Waals surface area (Å²) in [5.41, 5.74) is 6.58. The van der Waals surface area contributed by atoms with Crippen LogP contribution in [0.2, 0.25) is 0 Å². The Bertz CT molecular complexity index is 388. The monoisotopic (exact) mass is 262 g/mol. The molecule has 0 bridgehead atoms. The molecule has 0 saturated carbocycles. The van der Waals surface area contributed by atoms with Crippen molar-refractivity contribution in [2.75, 3.05) is 13.2 Å². The van der Waals surface area contributed by atoms with Crippen molar-refractivity contribution in [2.24, 2.45) is 11.7 Å². The van der Waals surface area contributed by atoms with Crippen LogP contribution in [0.25, 0.3) is 0 Å². The van der Waals surface area contributed by atoms with Gasteiger partial charge in [-0.15, -0.1) is 0 Å². The Morgan fingerprint density at radius 2 is 2.00 bits per heavy atom. The van der Waals surface area contributed by atoms with Crippen LogP contribution in [0.1, 0.15) is 24.8 Å². The lowest BCUT2D eigenvalue weighted by molar-refractivity contribution is -0.119. The Balaban J connectivity index is 1.91. The van der Waals surface area contributed by atoms with Gasteiger partial charge in [0.1, 0.15) is 0 Å². The van der Waals surface area contributed by atoms with Gasteiger partial charge in [-0.05, 0) is 24.3 Å². The van der Waals surface area contributed by atoms with E-state index < -0.39 is 0 Å². The van der Waals surface area contributed by atoms with Gasteiger partial charge >= 0.3 is 0 Å². The van der Waals surface area contributed by atoms with Crippen LogP contribution < -0.4 is 11.1 Å². The minimum atomic E-state index is -0.239. The molecule has 1 aliphatic rings. The van der Waals surface area contributed by atoms with Gasteiger partial charge in [0.15, 0.2) is 0 Å². The zero-order valence-corrected chi connectivity index (χ0v) is 11.2. The van der Waals surface area contributed by atoms with E-state index in [1.54, 1.807) is 0 Å². The van der Waals surface area contributed by atoms with Crippen LogP contribution in [0.15, 0.2) is 30.3 Å². The van der Waals surface area contributed by atoms with Crippen LogP contribution in [0, 0.1) is 5.92 Å². The highest BCUT2D eigenvalue weighted by Crippen LogP contribution is 2.21. The van der Waals surface area contributed by atoms with Crippen LogP contribution in [-0.2, 0) is 16.1 Å². The highest BCUT2D eigenvalue weighted by Gasteiger charge is 2.24. The second kappa shape index (κ2) is 7.26. The lowest BCUT2D eigenvalue weighted by Gasteiger charge is -2.30. The minimum absolute atomic E-state index is 0.154. The quantitative estimate of drug-likeness (QED) is 0.815. The fraction of sp³-hybridized carbons (Fsp3) is 0.533. The van der Waals surface area contributed by atoms with Crippen molar-refractivity contribution >= 4 is 5.91 Å². The molecule has 1 heterocycles.